The maximum absolute atomic E-state index is 4.67. The summed E-state index contributed by atoms with van der Waals surface area (Å²) in [5.41, 5.74) is 4.73. The number of aromatic nitrogens is 6. The molecular formula is C22H15IN6. The van der Waals surface area contributed by atoms with Crippen LogP contribution in [-0.4, -0.2) is 30.0 Å². The number of para-hydroxylation sites is 1. The second-order valence-electron chi connectivity index (χ2n) is 6.41. The minimum atomic E-state index is 0.646. The van der Waals surface area contributed by atoms with Crippen LogP contribution < -0.4 is 0 Å². The normalized spacial score (nSPS) is 10.9. The quantitative estimate of drug-likeness (QED) is 0.340. The molecule has 0 N–H and O–H groups in total. The summed E-state index contributed by atoms with van der Waals surface area (Å²) in [6.45, 7) is 0. The molecule has 0 saturated heterocycles. The van der Waals surface area contributed by atoms with Crippen LogP contribution in [0, 0.1) is 3.57 Å². The number of hydrogen-bond acceptors (Lipinski definition) is 4. The summed E-state index contributed by atoms with van der Waals surface area (Å²) in [6, 6.07) is 28.3. The molecule has 0 radical (unpaired) electrons. The highest BCUT2D eigenvalue weighted by molar-refractivity contribution is 14.1. The first-order valence-electron chi connectivity index (χ1n) is 9.05. The molecule has 3 aromatic carbocycles. The van der Waals surface area contributed by atoms with Gasteiger partial charge < -0.3 is 0 Å². The molecule has 0 unspecified atom stereocenters. The van der Waals surface area contributed by atoms with Crippen molar-refractivity contribution in [3.05, 3.63) is 94.7 Å². The van der Waals surface area contributed by atoms with Crippen LogP contribution in [0.1, 0.15) is 0 Å². The lowest BCUT2D eigenvalue weighted by Gasteiger charge is -2.10. The van der Waals surface area contributed by atoms with Crippen molar-refractivity contribution in [3.8, 4) is 34.0 Å². The summed E-state index contributed by atoms with van der Waals surface area (Å²) >= 11 is 2.28. The minimum absolute atomic E-state index is 0.646. The van der Waals surface area contributed by atoms with Crippen molar-refractivity contribution >= 4 is 22.6 Å². The second kappa shape index (κ2) is 7.59. The van der Waals surface area contributed by atoms with Gasteiger partial charge in [-0.2, -0.15) is 9.78 Å². The molecule has 29 heavy (non-hydrogen) atoms. The SMILES string of the molecule is Ic1ccc(-n2nnnc2-c2cnn(-c3ccccc3)c2-c2ccccc2)cc1. The standard InChI is InChI=1S/C22H15IN6/c23-17-11-13-19(14-12-17)29-22(25-26-27-29)20-15-24-28(18-9-5-2-6-10-18)21(20)16-7-3-1-4-8-16/h1-15H. The smallest absolute Gasteiger partial charge is 0.190 e. The van der Waals surface area contributed by atoms with Crippen LogP contribution in [0.4, 0.5) is 0 Å². The zero-order valence-electron chi connectivity index (χ0n) is 15.2. The van der Waals surface area contributed by atoms with Crippen LogP contribution in [0.3, 0.4) is 0 Å². The van der Waals surface area contributed by atoms with Crippen LogP contribution in [0.5, 0.6) is 0 Å². The molecule has 6 nitrogen and oxygen atoms in total. The molecule has 7 heteroatoms. The molecule has 0 spiro atoms. The predicted molar refractivity (Wildman–Crippen MR) is 120 cm³/mol. The van der Waals surface area contributed by atoms with Gasteiger partial charge in [-0.15, -0.1) is 5.10 Å². The van der Waals surface area contributed by atoms with Crippen molar-refractivity contribution in [2.45, 2.75) is 0 Å². The van der Waals surface area contributed by atoms with Crippen molar-refractivity contribution in [3.63, 3.8) is 0 Å². The highest BCUT2D eigenvalue weighted by Crippen LogP contribution is 2.33. The van der Waals surface area contributed by atoms with E-state index in [1.54, 1.807) is 4.68 Å². The number of halogens is 1. The molecule has 5 rings (SSSR count). The van der Waals surface area contributed by atoms with Crippen molar-refractivity contribution in [1.29, 1.82) is 0 Å². The van der Waals surface area contributed by atoms with E-state index in [1.165, 1.54) is 0 Å². The fourth-order valence-electron chi connectivity index (χ4n) is 3.26. The maximum Gasteiger partial charge on any atom is 0.190 e. The Kier molecular flexibility index (Phi) is 4.65. The van der Waals surface area contributed by atoms with E-state index < -0.39 is 0 Å². The number of benzene rings is 3. The van der Waals surface area contributed by atoms with E-state index in [-0.39, 0.29) is 0 Å². The summed E-state index contributed by atoms with van der Waals surface area (Å²) in [5, 5.41) is 17.2. The number of rotatable bonds is 4. The highest BCUT2D eigenvalue weighted by Gasteiger charge is 2.21. The van der Waals surface area contributed by atoms with Crippen molar-refractivity contribution in [2.75, 3.05) is 0 Å². The van der Waals surface area contributed by atoms with Crippen molar-refractivity contribution in [1.82, 2.24) is 30.0 Å². The average molecular weight is 490 g/mol. The van der Waals surface area contributed by atoms with E-state index in [4.69, 9.17) is 0 Å². The van der Waals surface area contributed by atoms with Crippen molar-refractivity contribution in [2.24, 2.45) is 0 Å². The van der Waals surface area contributed by atoms with Gasteiger partial charge in [0.05, 0.1) is 28.8 Å². The van der Waals surface area contributed by atoms with Crippen LogP contribution >= 0.6 is 22.6 Å². The van der Waals surface area contributed by atoms with Gasteiger partial charge in [0.2, 0.25) is 0 Å². The van der Waals surface area contributed by atoms with Crippen LogP contribution in [0.15, 0.2) is 91.1 Å². The molecule has 2 heterocycles. The second-order valence-corrected chi connectivity index (χ2v) is 7.66. The molecule has 2 aromatic heterocycles. The minimum Gasteiger partial charge on any atom is -0.232 e. The summed E-state index contributed by atoms with van der Waals surface area (Å²) in [5.74, 6) is 0.646. The average Bonchev–Trinajstić information content (AvgIpc) is 3.42. The van der Waals surface area contributed by atoms with Gasteiger partial charge in [-0.3, -0.25) is 0 Å². The summed E-state index contributed by atoms with van der Waals surface area (Å²) in [4.78, 5) is 0. The fraction of sp³-hybridized carbons (Fsp3) is 0. The number of tetrazole rings is 1. The Bertz CT molecular complexity index is 1240. The molecule has 0 amide bonds. The van der Waals surface area contributed by atoms with Gasteiger partial charge in [-0.25, -0.2) is 4.68 Å². The Balaban J connectivity index is 1.73. The van der Waals surface area contributed by atoms with Crippen molar-refractivity contribution < 1.29 is 0 Å². The summed E-state index contributed by atoms with van der Waals surface area (Å²) in [6.07, 6.45) is 1.82. The van der Waals surface area contributed by atoms with Crippen LogP contribution in [0.2, 0.25) is 0 Å². The van der Waals surface area contributed by atoms with Gasteiger partial charge in [-0.1, -0.05) is 48.5 Å². The third-order valence-corrected chi connectivity index (χ3v) is 5.32. The highest BCUT2D eigenvalue weighted by atomic mass is 127. The van der Waals surface area contributed by atoms with E-state index in [2.05, 4.69) is 55.3 Å². The number of hydrogen-bond donors (Lipinski definition) is 0. The molecule has 0 atom stereocenters. The molecule has 0 aliphatic heterocycles. The number of nitrogens with zero attached hydrogens (tertiary/aromatic N) is 6. The zero-order valence-corrected chi connectivity index (χ0v) is 17.4. The van der Waals surface area contributed by atoms with Gasteiger partial charge in [0.25, 0.3) is 0 Å². The van der Waals surface area contributed by atoms with E-state index in [0.29, 0.717) is 5.82 Å². The van der Waals surface area contributed by atoms with Crippen LogP contribution in [0.25, 0.3) is 34.0 Å². The van der Waals surface area contributed by atoms with E-state index in [0.717, 1.165) is 31.8 Å². The first-order chi connectivity index (χ1) is 14.3. The Morgan fingerprint density at radius 1 is 0.690 bits per heavy atom. The maximum atomic E-state index is 4.67. The lowest BCUT2D eigenvalue weighted by Crippen LogP contribution is -2.02. The third kappa shape index (κ3) is 3.33. The Labute approximate surface area is 181 Å². The zero-order chi connectivity index (χ0) is 19.6. The molecule has 0 bridgehead atoms. The Morgan fingerprint density at radius 2 is 1.34 bits per heavy atom. The summed E-state index contributed by atoms with van der Waals surface area (Å²) < 4.78 is 4.83. The molecule has 0 aliphatic rings. The third-order valence-electron chi connectivity index (χ3n) is 4.60. The fourth-order valence-corrected chi connectivity index (χ4v) is 3.62. The predicted octanol–water partition coefficient (Wildman–Crippen LogP) is 4.79. The Hall–Kier alpha value is -3.33. The lowest BCUT2D eigenvalue weighted by atomic mass is 10.1. The Morgan fingerprint density at radius 3 is 2.07 bits per heavy atom. The van der Waals surface area contributed by atoms with E-state index in [1.807, 2.05) is 83.7 Å². The molecule has 0 fully saturated rings. The molecule has 140 valence electrons. The van der Waals surface area contributed by atoms with E-state index in [9.17, 15) is 0 Å². The van der Waals surface area contributed by atoms with Gasteiger partial charge in [-0.05, 0) is 69.4 Å². The molecule has 0 saturated carbocycles. The topological polar surface area (TPSA) is 61.4 Å². The van der Waals surface area contributed by atoms with Crippen LogP contribution in [-0.2, 0) is 0 Å². The first kappa shape index (κ1) is 17.7. The molecular weight excluding hydrogens is 475 g/mol. The lowest BCUT2D eigenvalue weighted by molar-refractivity contribution is 0.791. The molecule has 5 aromatic rings. The molecule has 0 aliphatic carbocycles. The van der Waals surface area contributed by atoms with Gasteiger partial charge in [0.15, 0.2) is 5.82 Å². The van der Waals surface area contributed by atoms with Gasteiger partial charge >= 0.3 is 0 Å². The summed E-state index contributed by atoms with van der Waals surface area (Å²) in [7, 11) is 0. The van der Waals surface area contributed by atoms with E-state index >= 15 is 0 Å². The monoisotopic (exact) mass is 490 g/mol. The van der Waals surface area contributed by atoms with Gasteiger partial charge in [0, 0.05) is 9.13 Å². The first-order valence-corrected chi connectivity index (χ1v) is 10.1. The largest absolute Gasteiger partial charge is 0.232 e. The van der Waals surface area contributed by atoms with Gasteiger partial charge in [0.1, 0.15) is 0 Å².